The smallest absolute Gasteiger partial charge is 0.306 e. The first kappa shape index (κ1) is 72.1. The van der Waals surface area contributed by atoms with Gasteiger partial charge in [0.1, 0.15) is 13.2 Å². The van der Waals surface area contributed by atoms with Gasteiger partial charge in [-0.1, -0.05) is 319 Å². The Hall–Kier alpha value is -2.89. The van der Waals surface area contributed by atoms with E-state index in [2.05, 4.69) is 81.5 Å². The molecule has 0 aliphatic carbocycles. The summed E-state index contributed by atoms with van der Waals surface area (Å²) in [5, 5.41) is 0. The zero-order valence-electron chi connectivity index (χ0n) is 50.1. The molecule has 0 bridgehead atoms. The van der Waals surface area contributed by atoms with E-state index in [0.717, 1.165) is 89.9 Å². The molecule has 0 radical (unpaired) electrons. The molecule has 0 aliphatic heterocycles. The number of carbonyl (C=O) groups excluding carboxylic acids is 3. The van der Waals surface area contributed by atoms with Crippen LogP contribution in [-0.4, -0.2) is 37.2 Å². The van der Waals surface area contributed by atoms with E-state index in [4.69, 9.17) is 14.2 Å². The Morgan fingerprint density at radius 2 is 0.520 bits per heavy atom. The van der Waals surface area contributed by atoms with E-state index in [1.54, 1.807) is 0 Å². The first-order chi connectivity index (χ1) is 37.0. The molecule has 75 heavy (non-hydrogen) atoms. The number of ether oxygens (including phenoxy) is 3. The summed E-state index contributed by atoms with van der Waals surface area (Å²) in [6.45, 7) is 6.55. The van der Waals surface area contributed by atoms with Gasteiger partial charge in [0.25, 0.3) is 0 Å². The maximum atomic E-state index is 12.9. The zero-order chi connectivity index (χ0) is 54.3. The second-order valence-corrected chi connectivity index (χ2v) is 22.0. The summed E-state index contributed by atoms with van der Waals surface area (Å²) in [6, 6.07) is 0. The van der Waals surface area contributed by atoms with Crippen LogP contribution < -0.4 is 0 Å². The predicted molar refractivity (Wildman–Crippen MR) is 325 cm³/mol. The van der Waals surface area contributed by atoms with Crippen LogP contribution in [0, 0.1) is 0 Å². The molecule has 0 aliphatic rings. The van der Waals surface area contributed by atoms with Crippen molar-refractivity contribution < 1.29 is 28.6 Å². The van der Waals surface area contributed by atoms with Gasteiger partial charge in [0.15, 0.2) is 6.10 Å². The molecular weight excluding hydrogens is 925 g/mol. The molecule has 0 aromatic heterocycles. The second-order valence-electron chi connectivity index (χ2n) is 22.0. The molecule has 1 unspecified atom stereocenters. The lowest BCUT2D eigenvalue weighted by Crippen LogP contribution is -2.30. The molecule has 6 nitrogen and oxygen atoms in total. The van der Waals surface area contributed by atoms with Crippen LogP contribution in [0.15, 0.2) is 60.8 Å². The Bertz CT molecular complexity index is 1340. The van der Waals surface area contributed by atoms with Crippen molar-refractivity contribution >= 4 is 17.9 Å². The van der Waals surface area contributed by atoms with E-state index in [1.807, 2.05) is 0 Å². The number of esters is 3. The summed E-state index contributed by atoms with van der Waals surface area (Å²) < 4.78 is 16.9. The molecule has 1 atom stereocenters. The third kappa shape index (κ3) is 61.8. The number of hydrogen-bond acceptors (Lipinski definition) is 6. The Kier molecular flexibility index (Phi) is 61.2. The Morgan fingerprint density at radius 3 is 0.813 bits per heavy atom. The predicted octanol–water partition coefficient (Wildman–Crippen LogP) is 22.3. The van der Waals surface area contributed by atoms with Crippen LogP contribution in [0.2, 0.25) is 0 Å². The molecule has 0 spiro atoms. The average molecular weight is 1050 g/mol. The van der Waals surface area contributed by atoms with Gasteiger partial charge in [-0.05, 0) is 64.2 Å². The van der Waals surface area contributed by atoms with Crippen LogP contribution in [0.1, 0.15) is 342 Å². The Morgan fingerprint density at radius 1 is 0.280 bits per heavy atom. The van der Waals surface area contributed by atoms with Crippen molar-refractivity contribution in [1.82, 2.24) is 0 Å². The second kappa shape index (κ2) is 63.6. The van der Waals surface area contributed by atoms with E-state index in [1.165, 1.54) is 212 Å². The summed E-state index contributed by atoms with van der Waals surface area (Å²) >= 11 is 0. The van der Waals surface area contributed by atoms with Crippen LogP contribution in [0.5, 0.6) is 0 Å². The molecule has 0 saturated carbocycles. The maximum Gasteiger partial charge on any atom is 0.306 e. The molecule has 0 aromatic rings. The molecule has 0 fully saturated rings. The number of allylic oxidation sites excluding steroid dienone is 10. The van der Waals surface area contributed by atoms with Gasteiger partial charge in [0, 0.05) is 19.3 Å². The lowest BCUT2D eigenvalue weighted by molar-refractivity contribution is -0.167. The van der Waals surface area contributed by atoms with Gasteiger partial charge in [0.05, 0.1) is 0 Å². The Balaban J connectivity index is 4.13. The van der Waals surface area contributed by atoms with Crippen molar-refractivity contribution in [3.8, 4) is 0 Å². The molecule has 0 rings (SSSR count). The highest BCUT2D eigenvalue weighted by atomic mass is 16.6. The highest BCUT2D eigenvalue weighted by Crippen LogP contribution is 2.18. The van der Waals surface area contributed by atoms with Crippen molar-refractivity contribution in [2.75, 3.05) is 13.2 Å². The Labute approximate surface area is 466 Å². The number of hydrogen-bond donors (Lipinski definition) is 0. The molecule has 0 N–H and O–H groups in total. The topological polar surface area (TPSA) is 78.9 Å². The van der Waals surface area contributed by atoms with Crippen LogP contribution >= 0.6 is 0 Å². The maximum absolute atomic E-state index is 12.9. The lowest BCUT2D eigenvalue weighted by atomic mass is 10.0. The normalized spacial score (nSPS) is 12.4. The molecule has 6 heteroatoms. The van der Waals surface area contributed by atoms with Crippen molar-refractivity contribution in [2.24, 2.45) is 0 Å². The van der Waals surface area contributed by atoms with E-state index in [0.29, 0.717) is 19.3 Å². The lowest BCUT2D eigenvalue weighted by Gasteiger charge is -2.18. The molecule has 0 heterocycles. The summed E-state index contributed by atoms with van der Waals surface area (Å²) in [7, 11) is 0. The SMILES string of the molecule is CC/C=C\C/C=C\C/C=C\C/C=C\C/C=C\CCCCCCCCCCCCCC(=O)OCC(COC(=O)CCCCCCCCCC)OC(=O)CCCCCCCCCCCCCCCCCCCCCCCC. The molecule has 0 amide bonds. The van der Waals surface area contributed by atoms with Gasteiger partial charge in [-0.2, -0.15) is 0 Å². The van der Waals surface area contributed by atoms with Crippen LogP contribution in [0.25, 0.3) is 0 Å². The summed E-state index contributed by atoms with van der Waals surface area (Å²) in [5.74, 6) is -0.858. The summed E-state index contributed by atoms with van der Waals surface area (Å²) in [6.07, 6.45) is 81.1. The first-order valence-corrected chi connectivity index (χ1v) is 32.8. The standard InChI is InChI=1S/C69H124O6/c1-4-7-10-13-16-19-21-23-25-27-29-31-33-34-35-36-37-39-40-42-44-46-48-50-53-56-59-62-68(71)74-65-66(64-73-67(70)61-58-55-52-18-15-12-9-6-3)75-69(72)63-60-57-54-51-49-47-45-43-41-38-32-30-28-26-24-22-20-17-14-11-8-5-2/h7,10,16,19,23,25,29,31,34-35,66H,4-6,8-9,11-15,17-18,20-22,24,26-28,30,32-33,36-65H2,1-3H3/b10-7-,19-16-,25-23-,31-29-,35-34-. The third-order valence-corrected chi connectivity index (χ3v) is 14.5. The van der Waals surface area contributed by atoms with Crippen LogP contribution in [-0.2, 0) is 28.6 Å². The zero-order valence-corrected chi connectivity index (χ0v) is 50.1. The minimum absolute atomic E-state index is 0.0701. The number of rotatable bonds is 60. The number of carbonyl (C=O) groups is 3. The van der Waals surface area contributed by atoms with E-state index >= 15 is 0 Å². The van der Waals surface area contributed by atoms with E-state index in [9.17, 15) is 14.4 Å². The quantitative estimate of drug-likeness (QED) is 0.0261. The molecule has 436 valence electrons. The van der Waals surface area contributed by atoms with Gasteiger partial charge in [-0.15, -0.1) is 0 Å². The number of unbranched alkanes of at least 4 members (excludes halogenated alkanes) is 39. The van der Waals surface area contributed by atoms with Gasteiger partial charge < -0.3 is 14.2 Å². The fraction of sp³-hybridized carbons (Fsp3) is 0.812. The van der Waals surface area contributed by atoms with Crippen LogP contribution in [0.4, 0.5) is 0 Å². The molecule has 0 saturated heterocycles. The van der Waals surface area contributed by atoms with Crippen LogP contribution in [0.3, 0.4) is 0 Å². The monoisotopic (exact) mass is 1050 g/mol. The largest absolute Gasteiger partial charge is 0.462 e. The average Bonchev–Trinajstić information content (AvgIpc) is 3.41. The highest BCUT2D eigenvalue weighted by molar-refractivity contribution is 5.71. The van der Waals surface area contributed by atoms with Crippen molar-refractivity contribution in [3.63, 3.8) is 0 Å². The summed E-state index contributed by atoms with van der Waals surface area (Å²) in [5.41, 5.74) is 0. The van der Waals surface area contributed by atoms with Gasteiger partial charge >= 0.3 is 17.9 Å². The van der Waals surface area contributed by atoms with Gasteiger partial charge in [0.2, 0.25) is 0 Å². The fourth-order valence-electron chi connectivity index (χ4n) is 9.65. The minimum atomic E-state index is -0.771. The molecule has 0 aromatic carbocycles. The van der Waals surface area contributed by atoms with Crippen molar-refractivity contribution in [2.45, 2.75) is 348 Å². The third-order valence-electron chi connectivity index (χ3n) is 14.5. The van der Waals surface area contributed by atoms with Crippen molar-refractivity contribution in [3.05, 3.63) is 60.8 Å². The highest BCUT2D eigenvalue weighted by Gasteiger charge is 2.19. The van der Waals surface area contributed by atoms with Gasteiger partial charge in [-0.3, -0.25) is 14.4 Å². The molecular formula is C69H124O6. The first-order valence-electron chi connectivity index (χ1n) is 32.8. The summed E-state index contributed by atoms with van der Waals surface area (Å²) in [4.78, 5) is 38.2. The fourth-order valence-corrected chi connectivity index (χ4v) is 9.65. The van der Waals surface area contributed by atoms with E-state index < -0.39 is 6.10 Å². The minimum Gasteiger partial charge on any atom is -0.462 e. The van der Waals surface area contributed by atoms with E-state index in [-0.39, 0.29) is 31.1 Å². The van der Waals surface area contributed by atoms with Crippen molar-refractivity contribution in [1.29, 1.82) is 0 Å². The van der Waals surface area contributed by atoms with Gasteiger partial charge in [-0.25, -0.2) is 0 Å².